The first-order valence-electron chi connectivity index (χ1n) is 21.6. The maximum atomic E-state index is 5.46. The van der Waals surface area contributed by atoms with Gasteiger partial charge in [-0.15, -0.1) is 11.3 Å². The Hall–Kier alpha value is -8.25. The minimum atomic E-state index is 0.611. The molecule has 0 bridgehead atoms. The van der Waals surface area contributed by atoms with Crippen LogP contribution >= 0.6 is 11.3 Å². The zero-order valence-corrected chi connectivity index (χ0v) is 35.3. The van der Waals surface area contributed by atoms with E-state index in [-0.39, 0.29) is 0 Å². The Labute approximate surface area is 373 Å². The van der Waals surface area contributed by atoms with Crippen LogP contribution < -0.4 is 0 Å². The molecule has 64 heavy (non-hydrogen) atoms. The fourth-order valence-corrected chi connectivity index (χ4v) is 10.8. The van der Waals surface area contributed by atoms with Crippen molar-refractivity contribution in [2.75, 3.05) is 0 Å². The van der Waals surface area contributed by atoms with E-state index in [2.05, 4.69) is 205 Å². The van der Waals surface area contributed by atoms with E-state index in [9.17, 15) is 0 Å². The molecule has 0 radical (unpaired) electrons. The minimum absolute atomic E-state index is 0.611. The third kappa shape index (κ3) is 5.93. The molecule has 0 aliphatic rings. The van der Waals surface area contributed by atoms with Crippen molar-refractivity contribution in [1.29, 1.82) is 0 Å². The average Bonchev–Trinajstić information content (AvgIpc) is 3.90. The van der Waals surface area contributed by atoms with Gasteiger partial charge in [0.15, 0.2) is 17.5 Å². The van der Waals surface area contributed by atoms with Crippen molar-refractivity contribution in [3.05, 3.63) is 218 Å². The van der Waals surface area contributed by atoms with Crippen LogP contribution in [0.4, 0.5) is 0 Å². The molecular formula is C59H36N4S. The number of nitrogens with zero attached hydrogens (tertiary/aromatic N) is 4. The number of benzene rings is 10. The summed E-state index contributed by atoms with van der Waals surface area (Å²) in [6, 6.07) is 78.3. The second-order valence-corrected chi connectivity index (χ2v) is 17.4. The molecule has 0 spiro atoms. The van der Waals surface area contributed by atoms with Crippen molar-refractivity contribution in [2.45, 2.75) is 0 Å². The Morgan fingerprint density at radius 1 is 0.297 bits per heavy atom. The highest BCUT2D eigenvalue weighted by molar-refractivity contribution is 7.25. The molecule has 3 aromatic heterocycles. The first-order valence-corrected chi connectivity index (χ1v) is 22.4. The van der Waals surface area contributed by atoms with Crippen molar-refractivity contribution in [3.8, 4) is 62.1 Å². The highest BCUT2D eigenvalue weighted by atomic mass is 32.1. The molecular weight excluding hydrogens is 797 g/mol. The molecule has 3 heterocycles. The predicted octanol–water partition coefficient (Wildman–Crippen LogP) is 16.0. The van der Waals surface area contributed by atoms with Crippen LogP contribution in [0.15, 0.2) is 218 Å². The van der Waals surface area contributed by atoms with Gasteiger partial charge in [-0.3, -0.25) is 0 Å². The van der Waals surface area contributed by atoms with E-state index < -0.39 is 0 Å². The average molecular weight is 833 g/mol. The van der Waals surface area contributed by atoms with Crippen molar-refractivity contribution in [1.82, 2.24) is 19.5 Å². The summed E-state index contributed by atoms with van der Waals surface area (Å²) in [4.78, 5) is 16.1. The second kappa shape index (κ2) is 14.7. The van der Waals surface area contributed by atoms with Gasteiger partial charge in [0.05, 0.1) is 16.7 Å². The Bertz CT molecular complexity index is 3960. The SMILES string of the molecule is c1ccc(-c2nc(-c3ccc4c(c3)sc3ccccc34)nc(-c3cc(-c4ccccc4)c(-n4c5ccccc5c5cc6ccccc6cc54)cc3-c3cccc4ccccc34)n2)cc1. The lowest BCUT2D eigenvalue weighted by molar-refractivity contribution is 1.07. The lowest BCUT2D eigenvalue weighted by Crippen LogP contribution is -2.04. The fraction of sp³-hybridized carbons (Fsp3) is 0. The molecule has 4 nitrogen and oxygen atoms in total. The lowest BCUT2D eigenvalue weighted by atomic mass is 9.90. The van der Waals surface area contributed by atoms with Gasteiger partial charge in [-0.1, -0.05) is 176 Å². The zero-order valence-electron chi connectivity index (χ0n) is 34.5. The Balaban J connectivity index is 1.15. The highest BCUT2D eigenvalue weighted by Gasteiger charge is 2.24. The highest BCUT2D eigenvalue weighted by Crippen LogP contribution is 2.45. The summed E-state index contributed by atoms with van der Waals surface area (Å²) >= 11 is 1.80. The second-order valence-electron chi connectivity index (χ2n) is 16.4. The van der Waals surface area contributed by atoms with Gasteiger partial charge in [0.2, 0.25) is 0 Å². The van der Waals surface area contributed by atoms with Crippen molar-refractivity contribution >= 4 is 74.9 Å². The molecule has 0 saturated carbocycles. The number of aromatic nitrogens is 4. The summed E-state index contributed by atoms with van der Waals surface area (Å²) in [6.07, 6.45) is 0. The van der Waals surface area contributed by atoms with Crippen molar-refractivity contribution < 1.29 is 0 Å². The quantitative estimate of drug-likeness (QED) is 0.168. The van der Waals surface area contributed by atoms with E-state index in [1.54, 1.807) is 11.3 Å². The normalized spacial score (nSPS) is 11.8. The van der Waals surface area contributed by atoms with Gasteiger partial charge in [-0.2, -0.15) is 0 Å². The summed E-state index contributed by atoms with van der Waals surface area (Å²) in [5.74, 6) is 1.87. The third-order valence-electron chi connectivity index (χ3n) is 12.6. The van der Waals surface area contributed by atoms with Crippen LogP contribution in [0.1, 0.15) is 0 Å². The van der Waals surface area contributed by atoms with Crippen LogP contribution in [0.5, 0.6) is 0 Å². The van der Waals surface area contributed by atoms with Crippen molar-refractivity contribution in [2.24, 2.45) is 0 Å². The van der Waals surface area contributed by atoms with E-state index >= 15 is 0 Å². The molecule has 0 aliphatic carbocycles. The van der Waals surface area contributed by atoms with Gasteiger partial charge in [0.25, 0.3) is 0 Å². The van der Waals surface area contributed by atoms with Crippen LogP contribution in [-0.2, 0) is 0 Å². The molecule has 13 aromatic rings. The minimum Gasteiger partial charge on any atom is -0.309 e. The van der Waals surface area contributed by atoms with E-state index in [4.69, 9.17) is 15.0 Å². The first kappa shape index (κ1) is 36.4. The summed E-state index contributed by atoms with van der Waals surface area (Å²) in [6.45, 7) is 0. The molecule has 298 valence electrons. The maximum Gasteiger partial charge on any atom is 0.164 e. The molecule has 0 amide bonds. The molecule has 0 aliphatic heterocycles. The monoisotopic (exact) mass is 832 g/mol. The first-order chi connectivity index (χ1) is 31.7. The Kier molecular flexibility index (Phi) is 8.36. The number of para-hydroxylation sites is 1. The fourth-order valence-electron chi connectivity index (χ4n) is 9.61. The van der Waals surface area contributed by atoms with Gasteiger partial charge in [0, 0.05) is 53.2 Å². The lowest BCUT2D eigenvalue weighted by Gasteiger charge is -2.20. The number of thiophene rings is 1. The topological polar surface area (TPSA) is 43.6 Å². The summed E-state index contributed by atoms with van der Waals surface area (Å²) in [7, 11) is 0. The van der Waals surface area contributed by atoms with E-state index in [1.807, 2.05) is 18.2 Å². The molecule has 0 N–H and O–H groups in total. The van der Waals surface area contributed by atoms with Crippen LogP contribution in [-0.4, -0.2) is 19.5 Å². The molecule has 13 rings (SSSR count). The van der Waals surface area contributed by atoms with Crippen LogP contribution in [0.3, 0.4) is 0 Å². The molecule has 0 fully saturated rings. The van der Waals surface area contributed by atoms with Gasteiger partial charge >= 0.3 is 0 Å². The molecule has 5 heteroatoms. The Morgan fingerprint density at radius 3 is 1.72 bits per heavy atom. The van der Waals surface area contributed by atoms with Gasteiger partial charge in [0.1, 0.15) is 0 Å². The molecule has 0 saturated heterocycles. The largest absolute Gasteiger partial charge is 0.309 e. The van der Waals surface area contributed by atoms with Crippen molar-refractivity contribution in [3.63, 3.8) is 0 Å². The maximum absolute atomic E-state index is 5.46. The van der Waals surface area contributed by atoms with Crippen LogP contribution in [0.2, 0.25) is 0 Å². The molecule has 0 atom stereocenters. The number of fused-ring (bicyclic) bond motifs is 8. The van der Waals surface area contributed by atoms with Crippen LogP contribution in [0, 0.1) is 0 Å². The van der Waals surface area contributed by atoms with E-state index in [0.717, 1.165) is 61.1 Å². The smallest absolute Gasteiger partial charge is 0.164 e. The number of hydrogen-bond donors (Lipinski definition) is 0. The summed E-state index contributed by atoms with van der Waals surface area (Å²) in [5.41, 5.74) is 10.5. The van der Waals surface area contributed by atoms with Gasteiger partial charge in [-0.25, -0.2) is 15.0 Å². The number of hydrogen-bond acceptors (Lipinski definition) is 4. The van der Waals surface area contributed by atoms with Gasteiger partial charge in [-0.05, 0) is 80.7 Å². The van der Waals surface area contributed by atoms with E-state index in [1.165, 1.54) is 47.1 Å². The summed E-state index contributed by atoms with van der Waals surface area (Å²) in [5, 5.41) is 9.68. The summed E-state index contributed by atoms with van der Waals surface area (Å²) < 4.78 is 4.93. The zero-order chi connectivity index (χ0) is 42.1. The van der Waals surface area contributed by atoms with Gasteiger partial charge < -0.3 is 4.57 Å². The standard InChI is InChI=1S/C59H36N4S/c1-3-16-38(17-4-1)48-35-51(59-61-57(39-19-5-2-6-20-39)60-58(62-59)42-30-31-47-46-26-12-14-29-55(46)64-56(47)34-42)49(44-27-15-23-37-18-9-10-24-43(37)44)36-54(48)63-52-28-13-11-25-45(52)50-32-40-21-7-8-22-41(40)33-53(50)63/h1-36H. The van der Waals surface area contributed by atoms with Crippen LogP contribution in [0.25, 0.3) is 126 Å². The molecule has 0 unspecified atom stereocenters. The molecule has 10 aromatic carbocycles. The third-order valence-corrected chi connectivity index (χ3v) is 13.8. The predicted molar refractivity (Wildman–Crippen MR) is 269 cm³/mol. The Morgan fingerprint density at radius 2 is 0.906 bits per heavy atom. The van der Waals surface area contributed by atoms with E-state index in [0.29, 0.717) is 17.5 Å². The number of rotatable bonds is 6.